The number of halogens is 2. The summed E-state index contributed by atoms with van der Waals surface area (Å²) in [6.45, 7) is 11.9. The lowest BCUT2D eigenvalue weighted by atomic mass is 9.75. The van der Waals surface area contributed by atoms with E-state index in [0.717, 1.165) is 51.4 Å². The standard InChI is InChI=1S/C50H58Cl2N12O6P2/c1-67-45-35(56-47-53-25-32(51)43(61-47)54-33-12-7-9-14-37(33)71(3,4)65)16-18-39(58-45)63-22-21-50(29-63)24-31(26-70-50)42-41(52)44(55-34-13-8-10-15-38(34)72(5,6)66)62-48(60-42)57-36-17-19-40(59-46(36)68-2)64-27-49(28-64)20-11-23-69-30-49/h7-10,12-19,25,31H,11,20-24,26-30H2,1-6H3,(H2,53,54,56,61)(H2,55,57,60,62). The molecule has 18 nitrogen and oxygen atoms in total. The maximum atomic E-state index is 13.5. The first-order chi connectivity index (χ1) is 34.5. The summed E-state index contributed by atoms with van der Waals surface area (Å²) in [6, 6.07) is 22.6. The Bertz CT molecular complexity index is 3110. The average Bonchev–Trinajstić information content (AvgIpc) is 3.98. The van der Waals surface area contributed by atoms with Gasteiger partial charge < -0.3 is 59.1 Å². The third kappa shape index (κ3) is 10.4. The molecular weight excluding hydrogens is 997 g/mol. The molecule has 2 atom stereocenters. The highest BCUT2D eigenvalue weighted by Crippen LogP contribution is 2.47. The average molecular weight is 1060 g/mol. The van der Waals surface area contributed by atoms with Gasteiger partial charge in [0.05, 0.1) is 56.3 Å². The first-order valence-corrected chi connectivity index (χ1v) is 29.8. The van der Waals surface area contributed by atoms with Crippen molar-refractivity contribution in [3.63, 3.8) is 0 Å². The van der Waals surface area contributed by atoms with Gasteiger partial charge in [0, 0.05) is 54.7 Å². The van der Waals surface area contributed by atoms with E-state index >= 15 is 0 Å². The van der Waals surface area contributed by atoms with Crippen LogP contribution in [0.25, 0.3) is 0 Å². The van der Waals surface area contributed by atoms with Gasteiger partial charge in [0.25, 0.3) is 0 Å². The molecule has 2 spiro atoms. The Morgan fingerprint density at radius 1 is 0.681 bits per heavy atom. The normalized spacial score (nSPS) is 19.6. The summed E-state index contributed by atoms with van der Waals surface area (Å²) < 4.78 is 50.6. The molecule has 8 heterocycles. The second-order valence-electron chi connectivity index (χ2n) is 19.8. The molecule has 0 aliphatic carbocycles. The summed E-state index contributed by atoms with van der Waals surface area (Å²) in [5.41, 5.74) is 2.71. The summed E-state index contributed by atoms with van der Waals surface area (Å²) in [7, 11) is -2.14. The van der Waals surface area contributed by atoms with Crippen LogP contribution in [0, 0.1) is 5.41 Å². The van der Waals surface area contributed by atoms with Crippen molar-refractivity contribution < 1.29 is 28.1 Å². The van der Waals surface area contributed by atoms with Crippen molar-refractivity contribution in [2.24, 2.45) is 5.41 Å². The molecule has 0 amide bonds. The highest BCUT2D eigenvalue weighted by atomic mass is 35.5. The van der Waals surface area contributed by atoms with E-state index in [1.807, 2.05) is 72.8 Å². The summed E-state index contributed by atoms with van der Waals surface area (Å²) in [5.74, 6) is 3.35. The van der Waals surface area contributed by atoms with Gasteiger partial charge in [-0.25, -0.2) is 9.97 Å². The van der Waals surface area contributed by atoms with Crippen molar-refractivity contribution in [1.82, 2.24) is 29.9 Å². The molecule has 0 saturated carbocycles. The number of methoxy groups -OCH3 is 2. The number of nitrogens with zero attached hydrogens (tertiary/aromatic N) is 8. The second kappa shape index (κ2) is 19.9. The van der Waals surface area contributed by atoms with Crippen LogP contribution < -0.4 is 51.1 Å². The Morgan fingerprint density at radius 2 is 1.28 bits per heavy atom. The highest BCUT2D eigenvalue weighted by molar-refractivity contribution is 7.70. The molecule has 0 radical (unpaired) electrons. The van der Waals surface area contributed by atoms with Crippen LogP contribution in [0.2, 0.25) is 10.0 Å². The van der Waals surface area contributed by atoms with Crippen LogP contribution in [0.3, 0.4) is 0 Å². The summed E-state index contributed by atoms with van der Waals surface area (Å²) in [5, 5.41) is 15.3. The Labute approximate surface area is 429 Å². The van der Waals surface area contributed by atoms with Crippen LogP contribution in [-0.4, -0.2) is 122 Å². The molecular formula is C50H58Cl2N12O6P2. The van der Waals surface area contributed by atoms with Crippen LogP contribution in [0.4, 0.5) is 57.9 Å². The lowest BCUT2D eigenvalue weighted by Crippen LogP contribution is -2.60. The van der Waals surface area contributed by atoms with E-state index in [2.05, 4.69) is 41.0 Å². The van der Waals surface area contributed by atoms with Gasteiger partial charge >= 0.3 is 0 Å². The molecule has 4 saturated heterocycles. The van der Waals surface area contributed by atoms with E-state index in [0.29, 0.717) is 104 Å². The zero-order valence-corrected chi connectivity index (χ0v) is 44.3. The summed E-state index contributed by atoms with van der Waals surface area (Å²) in [6.07, 6.45) is 5.10. The van der Waals surface area contributed by atoms with Crippen molar-refractivity contribution >= 4 is 106 Å². The molecule has 4 N–H and O–H groups in total. The number of benzene rings is 2. The minimum atomic E-state index is -2.70. The van der Waals surface area contributed by atoms with Crippen molar-refractivity contribution in [3.8, 4) is 11.8 Å². The lowest BCUT2D eigenvalue weighted by Gasteiger charge is -2.52. The number of anilines is 10. The molecule has 6 aromatic rings. The van der Waals surface area contributed by atoms with E-state index in [9.17, 15) is 9.13 Å². The van der Waals surface area contributed by atoms with Crippen LogP contribution in [0.15, 0.2) is 79.0 Å². The Hall–Kier alpha value is -5.74. The second-order valence-corrected chi connectivity index (χ2v) is 26.9. The number of rotatable bonds is 15. The fourth-order valence-corrected chi connectivity index (χ4v) is 12.9. The fourth-order valence-electron chi connectivity index (χ4n) is 10.1. The molecule has 4 aliphatic rings. The van der Waals surface area contributed by atoms with Gasteiger partial charge in [0.2, 0.25) is 23.7 Å². The van der Waals surface area contributed by atoms with E-state index in [4.69, 9.17) is 62.1 Å². The van der Waals surface area contributed by atoms with Gasteiger partial charge in [0.15, 0.2) is 11.6 Å². The van der Waals surface area contributed by atoms with E-state index in [1.54, 1.807) is 40.9 Å². The first-order valence-electron chi connectivity index (χ1n) is 23.8. The number of aromatic nitrogens is 6. The molecule has 4 aliphatic heterocycles. The minimum Gasteiger partial charge on any atom is -0.479 e. The molecule has 0 bridgehead atoms. The van der Waals surface area contributed by atoms with Crippen molar-refractivity contribution in [2.75, 3.05) is 118 Å². The fraction of sp³-hybridized carbons (Fsp3) is 0.400. The predicted molar refractivity (Wildman–Crippen MR) is 287 cm³/mol. The van der Waals surface area contributed by atoms with Gasteiger partial charge in [-0.05, 0) is 101 Å². The van der Waals surface area contributed by atoms with Gasteiger partial charge in [-0.1, -0.05) is 47.5 Å². The molecule has 22 heteroatoms. The number of pyridine rings is 2. The van der Waals surface area contributed by atoms with E-state index in [-0.39, 0.29) is 23.2 Å². The third-order valence-electron chi connectivity index (χ3n) is 13.7. The quantitative estimate of drug-likeness (QED) is 0.0707. The molecule has 4 fully saturated rings. The number of nitrogens with one attached hydrogen (secondary N) is 4. The van der Waals surface area contributed by atoms with E-state index in [1.165, 1.54) is 6.20 Å². The topological polar surface area (TPSA) is 203 Å². The molecule has 4 aromatic heterocycles. The van der Waals surface area contributed by atoms with Gasteiger partial charge in [-0.2, -0.15) is 19.9 Å². The van der Waals surface area contributed by atoms with E-state index < -0.39 is 19.9 Å². The zero-order chi connectivity index (χ0) is 50.4. The smallest absolute Gasteiger partial charge is 0.239 e. The van der Waals surface area contributed by atoms with Gasteiger partial charge in [0.1, 0.15) is 47.3 Å². The highest BCUT2D eigenvalue weighted by Gasteiger charge is 2.48. The van der Waals surface area contributed by atoms with Crippen LogP contribution in [0.1, 0.15) is 37.3 Å². The molecule has 378 valence electrons. The van der Waals surface area contributed by atoms with Crippen LogP contribution in [0.5, 0.6) is 11.8 Å². The largest absolute Gasteiger partial charge is 0.479 e. The minimum absolute atomic E-state index is 0.185. The number of para-hydroxylation sites is 2. The third-order valence-corrected chi connectivity index (χ3v) is 17.4. The molecule has 10 rings (SSSR count). The Morgan fingerprint density at radius 3 is 1.89 bits per heavy atom. The Balaban J connectivity index is 0.873. The predicted octanol–water partition coefficient (Wildman–Crippen LogP) is 9.62. The SMILES string of the molecule is COc1nc(N2CCC3(CC(c4nc(Nc5ccc(N6CC7(CCCOC7)C6)nc5OC)nc(Nc5ccccc5P(C)(C)=O)c4Cl)CO3)C2)ccc1Nc1ncc(Cl)c(Nc2ccccc2P(C)(C)=O)n1. The van der Waals surface area contributed by atoms with Crippen molar-refractivity contribution in [1.29, 1.82) is 0 Å². The summed E-state index contributed by atoms with van der Waals surface area (Å²) >= 11 is 13.9. The zero-order valence-electron chi connectivity index (χ0n) is 41.0. The number of ether oxygens (including phenoxy) is 4. The van der Waals surface area contributed by atoms with Gasteiger partial charge in [-0.15, -0.1) is 0 Å². The maximum absolute atomic E-state index is 13.5. The molecule has 72 heavy (non-hydrogen) atoms. The Kier molecular flexibility index (Phi) is 13.8. The van der Waals surface area contributed by atoms with Crippen molar-refractivity contribution in [3.05, 3.63) is 94.7 Å². The first kappa shape index (κ1) is 49.8. The monoisotopic (exact) mass is 1050 g/mol. The molecule has 2 aromatic carbocycles. The van der Waals surface area contributed by atoms with Crippen LogP contribution in [-0.2, 0) is 18.6 Å². The number of hydrogen-bond donors (Lipinski definition) is 4. The van der Waals surface area contributed by atoms with Crippen LogP contribution >= 0.6 is 37.5 Å². The maximum Gasteiger partial charge on any atom is 0.239 e. The lowest BCUT2D eigenvalue weighted by molar-refractivity contribution is -0.0237. The van der Waals surface area contributed by atoms with Crippen molar-refractivity contribution in [2.45, 2.75) is 37.2 Å². The summed E-state index contributed by atoms with van der Waals surface area (Å²) in [4.78, 5) is 33.2. The van der Waals surface area contributed by atoms with Gasteiger partial charge in [-0.3, -0.25) is 0 Å². The number of hydrogen-bond acceptors (Lipinski definition) is 18. The molecule has 2 unspecified atom stereocenters.